The second-order valence-corrected chi connectivity index (χ2v) is 16.0. The average Bonchev–Trinajstić information content (AvgIpc) is 3.64. The average molecular weight is 701 g/mol. The van der Waals surface area contributed by atoms with Crippen molar-refractivity contribution in [2.24, 2.45) is 17.3 Å². The number of aliphatic hydroxyl groups is 1. The monoisotopic (exact) mass is 700 g/mol. The molecule has 4 saturated carbocycles. The van der Waals surface area contributed by atoms with Gasteiger partial charge in [0.05, 0.1) is 19.3 Å². The van der Waals surface area contributed by atoms with Gasteiger partial charge in [0.15, 0.2) is 0 Å². The van der Waals surface area contributed by atoms with Gasteiger partial charge in [-0.15, -0.1) is 0 Å². The maximum Gasteiger partial charge on any atom is 0.409 e. The van der Waals surface area contributed by atoms with Crippen LogP contribution in [0.25, 0.3) is 11.1 Å². The standard InChI is InChI=1S/C41H53FN4O5/c1-28-19-33(9-12-37(28)50-3)41-16-13-40(14-17-41,15-18-41)27-45(38(48)31-7-5-4-6-8-31)34-10-11-36(42)35(20-34)32-21-43-46(24-32)29(2)26-51-39(49)44-22-30(23-44)25-47/h9-12,19-21,24,29-31,47H,4-8,13-18,22-23,25-27H2,1-3H3. The largest absolute Gasteiger partial charge is 0.496 e. The molecule has 5 fully saturated rings. The van der Waals surface area contributed by atoms with Crippen LogP contribution in [0.15, 0.2) is 48.8 Å². The van der Waals surface area contributed by atoms with Gasteiger partial charge in [-0.05, 0) is 111 Å². The molecule has 2 aromatic carbocycles. The smallest absolute Gasteiger partial charge is 0.409 e. The topological polar surface area (TPSA) is 97.1 Å². The molecule has 1 aromatic heterocycles. The number of fused-ring (bicyclic) bond motifs is 3. The minimum atomic E-state index is -0.405. The normalized spacial score (nSPS) is 24.2. The number of carbonyl (C=O) groups is 2. The second kappa shape index (κ2) is 14.6. The Kier molecular flexibility index (Phi) is 10.2. The summed E-state index contributed by atoms with van der Waals surface area (Å²) in [7, 11) is 1.72. The van der Waals surface area contributed by atoms with E-state index < -0.39 is 6.09 Å². The molecule has 5 aliphatic rings. The summed E-state index contributed by atoms with van der Waals surface area (Å²) in [5.41, 5.74) is 4.55. The van der Waals surface area contributed by atoms with E-state index in [2.05, 4.69) is 30.2 Å². The number of likely N-dealkylation sites (tertiary alicyclic amines) is 1. The molecule has 51 heavy (non-hydrogen) atoms. The van der Waals surface area contributed by atoms with Crippen molar-refractivity contribution >= 4 is 17.7 Å². The molecule has 9 nitrogen and oxygen atoms in total. The summed E-state index contributed by atoms with van der Waals surface area (Å²) in [4.78, 5) is 30.4. The highest BCUT2D eigenvalue weighted by Gasteiger charge is 2.50. The third-order valence-corrected chi connectivity index (χ3v) is 12.7. The molecule has 1 N–H and O–H groups in total. The van der Waals surface area contributed by atoms with Crippen LogP contribution < -0.4 is 9.64 Å². The number of aromatic nitrogens is 2. The Morgan fingerprint density at radius 3 is 2.43 bits per heavy atom. The third kappa shape index (κ3) is 7.13. The quantitative estimate of drug-likeness (QED) is 0.219. The molecule has 3 aromatic rings. The van der Waals surface area contributed by atoms with Crippen LogP contribution in [-0.2, 0) is 14.9 Å². The zero-order chi connectivity index (χ0) is 35.8. The molecule has 274 valence electrons. The van der Waals surface area contributed by atoms with Gasteiger partial charge in [-0.3, -0.25) is 9.48 Å². The lowest BCUT2D eigenvalue weighted by molar-refractivity contribution is -0.124. The zero-order valence-electron chi connectivity index (χ0n) is 30.4. The van der Waals surface area contributed by atoms with E-state index in [-0.39, 0.29) is 53.6 Å². The van der Waals surface area contributed by atoms with Crippen molar-refractivity contribution in [3.8, 4) is 16.9 Å². The first-order valence-corrected chi connectivity index (χ1v) is 19.0. The fourth-order valence-corrected chi connectivity index (χ4v) is 9.16. The van der Waals surface area contributed by atoms with Crippen LogP contribution in [0.3, 0.4) is 0 Å². The molecule has 8 rings (SSSR count). The number of carbonyl (C=O) groups excluding carboxylic acids is 2. The molecule has 2 amide bonds. The van der Waals surface area contributed by atoms with Crippen molar-refractivity contribution in [2.75, 3.05) is 44.9 Å². The number of ether oxygens (including phenoxy) is 2. The minimum Gasteiger partial charge on any atom is -0.496 e. The predicted octanol–water partition coefficient (Wildman–Crippen LogP) is 7.83. The third-order valence-electron chi connectivity index (χ3n) is 12.7. The molecular weight excluding hydrogens is 647 g/mol. The Bertz CT molecular complexity index is 1700. The molecule has 2 bridgehead atoms. The number of rotatable bonds is 11. The van der Waals surface area contributed by atoms with Gasteiger partial charge in [0, 0.05) is 61.1 Å². The van der Waals surface area contributed by atoms with Crippen LogP contribution in [0.2, 0.25) is 0 Å². The number of hydrogen-bond donors (Lipinski definition) is 1. The summed E-state index contributed by atoms with van der Waals surface area (Å²) in [6, 6.07) is 11.5. The van der Waals surface area contributed by atoms with E-state index in [0.29, 0.717) is 30.8 Å². The van der Waals surface area contributed by atoms with Crippen LogP contribution in [-0.4, -0.2) is 71.7 Å². The Hall–Kier alpha value is -3.92. The molecule has 4 aliphatic carbocycles. The highest BCUT2D eigenvalue weighted by molar-refractivity contribution is 5.96. The summed E-state index contributed by atoms with van der Waals surface area (Å²) >= 11 is 0. The summed E-state index contributed by atoms with van der Waals surface area (Å²) in [5.74, 6) is 0.839. The number of amides is 2. The van der Waals surface area contributed by atoms with E-state index in [4.69, 9.17) is 9.47 Å². The van der Waals surface area contributed by atoms with Crippen LogP contribution in [0.1, 0.15) is 94.7 Å². The van der Waals surface area contributed by atoms with Gasteiger partial charge >= 0.3 is 6.09 Å². The van der Waals surface area contributed by atoms with Gasteiger partial charge in [-0.1, -0.05) is 31.4 Å². The first-order chi connectivity index (χ1) is 24.6. The minimum absolute atomic E-state index is 0.00528. The number of hydrogen-bond acceptors (Lipinski definition) is 6. The van der Waals surface area contributed by atoms with Crippen LogP contribution in [0.4, 0.5) is 14.9 Å². The van der Waals surface area contributed by atoms with Gasteiger partial charge in [0.1, 0.15) is 18.2 Å². The SMILES string of the molecule is COc1ccc(C23CCC(CN(C(=O)C4CCCCC4)c4ccc(F)c(-c5cnn(C(C)COC(=O)N6CC(CO)C6)c5)c4)(CC2)CC3)cc1C. The van der Waals surface area contributed by atoms with E-state index in [1.807, 2.05) is 17.9 Å². The lowest BCUT2D eigenvalue weighted by Gasteiger charge is -2.55. The first-order valence-electron chi connectivity index (χ1n) is 19.0. The lowest BCUT2D eigenvalue weighted by Crippen LogP contribution is -2.51. The molecule has 1 saturated heterocycles. The predicted molar refractivity (Wildman–Crippen MR) is 194 cm³/mol. The van der Waals surface area contributed by atoms with E-state index in [1.54, 1.807) is 35.2 Å². The number of nitrogens with zero attached hydrogens (tertiary/aromatic N) is 4. The molecule has 1 aliphatic heterocycles. The summed E-state index contributed by atoms with van der Waals surface area (Å²) in [5, 5.41) is 13.7. The second-order valence-electron chi connectivity index (χ2n) is 16.0. The van der Waals surface area contributed by atoms with Crippen molar-refractivity contribution in [2.45, 2.75) is 95.9 Å². The van der Waals surface area contributed by atoms with Gasteiger partial charge in [0.2, 0.25) is 5.91 Å². The van der Waals surface area contributed by atoms with Gasteiger partial charge < -0.3 is 24.4 Å². The number of anilines is 1. The highest BCUT2D eigenvalue weighted by atomic mass is 19.1. The summed E-state index contributed by atoms with van der Waals surface area (Å²) in [6.07, 6.45) is 14.6. The lowest BCUT2D eigenvalue weighted by atomic mass is 9.51. The number of halogens is 1. The molecule has 10 heteroatoms. The van der Waals surface area contributed by atoms with Crippen molar-refractivity contribution < 1.29 is 28.6 Å². The van der Waals surface area contributed by atoms with Gasteiger partial charge in [-0.25, -0.2) is 9.18 Å². The fourth-order valence-electron chi connectivity index (χ4n) is 9.16. The highest BCUT2D eigenvalue weighted by Crippen LogP contribution is 2.58. The number of aliphatic hydroxyl groups excluding tert-OH is 1. The molecule has 1 unspecified atom stereocenters. The molecular formula is C41H53FN4O5. The van der Waals surface area contributed by atoms with E-state index in [0.717, 1.165) is 75.6 Å². The molecule has 0 radical (unpaired) electrons. The van der Waals surface area contributed by atoms with Crippen molar-refractivity contribution in [3.63, 3.8) is 0 Å². The number of benzene rings is 2. The number of methoxy groups -OCH3 is 1. The summed E-state index contributed by atoms with van der Waals surface area (Å²) < 4.78 is 28.3. The maximum atomic E-state index is 15.6. The summed E-state index contributed by atoms with van der Waals surface area (Å²) in [6.45, 7) is 5.84. The van der Waals surface area contributed by atoms with E-state index in [9.17, 15) is 14.7 Å². The van der Waals surface area contributed by atoms with Crippen LogP contribution >= 0.6 is 0 Å². The van der Waals surface area contributed by atoms with Crippen LogP contribution in [0.5, 0.6) is 5.75 Å². The Morgan fingerprint density at radius 1 is 1.04 bits per heavy atom. The Morgan fingerprint density at radius 2 is 1.76 bits per heavy atom. The molecule has 1 atom stereocenters. The van der Waals surface area contributed by atoms with Gasteiger partial charge in [-0.2, -0.15) is 5.10 Å². The van der Waals surface area contributed by atoms with Crippen LogP contribution in [0, 0.1) is 30.0 Å². The van der Waals surface area contributed by atoms with Crippen molar-refractivity contribution in [3.05, 3.63) is 65.7 Å². The maximum absolute atomic E-state index is 15.6. The fraction of sp³-hybridized carbons (Fsp3) is 0.585. The van der Waals surface area contributed by atoms with Gasteiger partial charge in [0.25, 0.3) is 0 Å². The Labute approximate surface area is 301 Å². The number of aryl methyl sites for hydroxylation is 1. The van der Waals surface area contributed by atoms with Crippen molar-refractivity contribution in [1.82, 2.24) is 14.7 Å². The first kappa shape index (κ1) is 35.5. The molecule has 0 spiro atoms. The molecule has 2 heterocycles. The zero-order valence-corrected chi connectivity index (χ0v) is 30.4. The van der Waals surface area contributed by atoms with E-state index >= 15 is 4.39 Å². The van der Waals surface area contributed by atoms with E-state index in [1.165, 1.54) is 23.6 Å². The Balaban J connectivity index is 1.09. The van der Waals surface area contributed by atoms with Crippen molar-refractivity contribution in [1.29, 1.82) is 0 Å².